The van der Waals surface area contributed by atoms with E-state index in [4.69, 9.17) is 5.73 Å². The molecule has 125 heavy (non-hydrogen) atoms. The normalized spacial score (nSPS) is 11.1. The van der Waals surface area contributed by atoms with E-state index in [9.17, 15) is 57.5 Å². The molecule has 0 saturated heterocycles. The van der Waals surface area contributed by atoms with Gasteiger partial charge in [0.05, 0.1) is 36.3 Å². The van der Waals surface area contributed by atoms with Crippen LogP contribution in [0.3, 0.4) is 0 Å². The number of isocyanates is 3. The lowest BCUT2D eigenvalue weighted by Crippen LogP contribution is -2.54. The Balaban J connectivity index is 0.000000661. The van der Waals surface area contributed by atoms with Crippen molar-refractivity contribution in [3.63, 3.8) is 0 Å². The molecule has 28 heteroatoms. The van der Waals surface area contributed by atoms with Crippen LogP contribution in [-0.4, -0.2) is 103 Å². The van der Waals surface area contributed by atoms with Crippen LogP contribution in [0, 0.1) is 0 Å². The number of amides is 6. The zero-order valence-corrected chi connectivity index (χ0v) is 76.0. The topological polar surface area (TPSA) is 370 Å². The van der Waals surface area contributed by atoms with Gasteiger partial charge in [-0.2, -0.15) is 0 Å². The van der Waals surface area contributed by atoms with Gasteiger partial charge < -0.3 is 37.6 Å². The molecule has 2 heterocycles. The maximum atomic E-state index is 13.8. The van der Waals surface area contributed by atoms with Crippen LogP contribution in [0.1, 0.15) is 289 Å². The van der Waals surface area contributed by atoms with E-state index >= 15 is 0 Å². The van der Waals surface area contributed by atoms with E-state index in [1.54, 1.807) is 0 Å². The van der Waals surface area contributed by atoms with Crippen LogP contribution in [-0.2, 0) is 75.8 Å². The molecule has 28 nitrogen and oxygen atoms in total. The molecular formula is C97H144N16O12. The molecule has 684 valence electrons. The summed E-state index contributed by atoms with van der Waals surface area (Å²) >= 11 is 0. The maximum absolute atomic E-state index is 13.8. The lowest BCUT2D eigenvalue weighted by Gasteiger charge is -2.27. The summed E-state index contributed by atoms with van der Waals surface area (Å²) in [4.78, 5) is 160. The van der Waals surface area contributed by atoms with E-state index < -0.39 is 50.8 Å². The van der Waals surface area contributed by atoms with Gasteiger partial charge >= 0.3 is 52.2 Å². The summed E-state index contributed by atoms with van der Waals surface area (Å²) in [6.45, 7) is 43.3. The fraction of sp³-hybridized carbons (Fsp3) is 0.546. The number of unbranched alkanes of at least 4 members (excludes halogenated alkanes) is 18. The standard InChI is InChI=1S/C60H87N9O6.C24H36N6O6.C12H17N.CH4/c1-43(2)46-28-25-31-49(40-46)58(7,8)64-52(70)61-34-19-13-16-22-37-67-55(73)68(38-23-17-14-20-35-62-53(71)65-59(9,10)50-32-26-29-47(41-50)44(3)4)57(75)69(56(67)74)39-24-18-15-21-36-63-54(72)66-60(11,12)51-33-27-30-48(42-51)45(5)6;31-19-25-13-7-1-4-10-16-28-22(34)29(17-11-5-2-8-14-26-20-32)24(36)30(23(28)35)18-12-6-3-9-15-27-21-33;1-9(2)10-6-5-7-11(8-10)12(3,4)13;/h25-33,40-42H,1,3,5,13-24,34-39H2,2,4,6-12H3,(H2,61,64,70)(H2,62,65,71)(H2,63,66,72);1-18H2;5-8H,1,13H2,2-4H3;1H4. The van der Waals surface area contributed by atoms with Gasteiger partial charge in [-0.3, -0.25) is 0 Å². The zero-order valence-electron chi connectivity index (χ0n) is 76.0. The molecule has 6 rings (SSSR count). The molecule has 8 N–H and O–H groups in total. The molecule has 0 aliphatic carbocycles. The van der Waals surface area contributed by atoms with E-state index in [-0.39, 0.29) is 70.3 Å². The fourth-order valence-corrected chi connectivity index (χ4v) is 13.9. The van der Waals surface area contributed by atoms with Gasteiger partial charge in [0.15, 0.2) is 0 Å². The molecule has 6 amide bonds. The predicted molar refractivity (Wildman–Crippen MR) is 505 cm³/mol. The molecule has 0 unspecified atom stereocenters. The number of aliphatic imine (C=N–C) groups is 3. The Morgan fingerprint density at radius 2 is 0.512 bits per heavy atom. The second kappa shape index (κ2) is 56.4. The minimum Gasteiger partial charge on any atom is -0.338 e. The lowest BCUT2D eigenvalue weighted by atomic mass is 9.92. The molecule has 0 aliphatic heterocycles. The number of carbonyl (C=O) groups is 3. The molecule has 0 atom stereocenters. The second-order valence-corrected chi connectivity index (χ2v) is 34.2. The van der Waals surface area contributed by atoms with Crippen molar-refractivity contribution in [2.24, 2.45) is 20.7 Å². The van der Waals surface area contributed by atoms with Crippen molar-refractivity contribution in [3.05, 3.63) is 231 Å². The quantitative estimate of drug-likeness (QED) is 0.0106. The Morgan fingerprint density at radius 3 is 0.712 bits per heavy atom. The van der Waals surface area contributed by atoms with Crippen molar-refractivity contribution >= 4 is 58.6 Å². The molecule has 2 aromatic heterocycles. The number of carbonyl (C=O) groups excluding carboxylic acids is 6. The Morgan fingerprint density at radius 1 is 0.320 bits per heavy atom. The second-order valence-electron chi connectivity index (χ2n) is 34.2. The fourth-order valence-electron chi connectivity index (χ4n) is 13.9. The van der Waals surface area contributed by atoms with Crippen LogP contribution in [0.5, 0.6) is 0 Å². The first-order chi connectivity index (χ1) is 58.9. The minimum absolute atomic E-state index is 0. The largest absolute Gasteiger partial charge is 0.338 e. The van der Waals surface area contributed by atoms with Crippen molar-refractivity contribution in [2.75, 3.05) is 39.3 Å². The van der Waals surface area contributed by atoms with Gasteiger partial charge in [-0.1, -0.05) is 206 Å². The molecule has 4 aromatic carbocycles. The third-order valence-corrected chi connectivity index (χ3v) is 21.6. The lowest BCUT2D eigenvalue weighted by molar-refractivity contribution is 0.228. The van der Waals surface area contributed by atoms with E-state index in [2.05, 4.69) is 85.3 Å². The summed E-state index contributed by atoms with van der Waals surface area (Å²) in [5.41, 5.74) is 12.5. The van der Waals surface area contributed by atoms with Crippen LogP contribution in [0.4, 0.5) is 14.4 Å². The maximum Gasteiger partial charge on any atom is 0.336 e. The molecule has 0 bridgehead atoms. The third kappa shape index (κ3) is 38.7. The molecule has 0 radical (unpaired) electrons. The highest BCUT2D eigenvalue weighted by molar-refractivity contribution is 5.76. The summed E-state index contributed by atoms with van der Waals surface area (Å²) in [5.74, 6) is 0. The monoisotopic (exact) mass is 1730 g/mol. The highest BCUT2D eigenvalue weighted by atomic mass is 16.2. The number of hydrogen-bond donors (Lipinski definition) is 7. The minimum atomic E-state index is -0.609. The molecular weight excluding hydrogens is 1580 g/mol. The van der Waals surface area contributed by atoms with Gasteiger partial charge in [-0.05, 0) is 229 Å². The van der Waals surface area contributed by atoms with Gasteiger partial charge in [-0.15, -0.1) is 0 Å². The van der Waals surface area contributed by atoms with Crippen molar-refractivity contribution < 1.29 is 28.8 Å². The first kappa shape index (κ1) is 108. The average molecular weight is 1730 g/mol. The summed E-state index contributed by atoms with van der Waals surface area (Å²) in [6, 6.07) is 31.3. The molecule has 0 saturated carbocycles. The van der Waals surface area contributed by atoms with Gasteiger partial charge in [0.25, 0.3) is 0 Å². The number of nitrogens with two attached hydrogens (primary N) is 1. The number of aromatic nitrogens is 6. The smallest absolute Gasteiger partial charge is 0.336 e. The van der Waals surface area contributed by atoms with Gasteiger partial charge in [0, 0.05) is 64.4 Å². The van der Waals surface area contributed by atoms with Crippen LogP contribution in [0.2, 0.25) is 0 Å². The van der Waals surface area contributed by atoms with Crippen molar-refractivity contribution in [3.8, 4) is 0 Å². The molecule has 0 spiro atoms. The predicted octanol–water partition coefficient (Wildman–Crippen LogP) is 16.1. The van der Waals surface area contributed by atoms with Crippen molar-refractivity contribution in [1.82, 2.24) is 59.3 Å². The highest BCUT2D eigenvalue weighted by Crippen LogP contribution is 2.27. The van der Waals surface area contributed by atoms with E-state index in [0.29, 0.717) is 116 Å². The number of nitrogens with one attached hydrogen (secondary N) is 6. The summed E-state index contributed by atoms with van der Waals surface area (Å²) in [5, 5.41) is 18.0. The zero-order chi connectivity index (χ0) is 91.8. The number of benzene rings is 4. The van der Waals surface area contributed by atoms with E-state index in [1.807, 2.05) is 168 Å². The van der Waals surface area contributed by atoms with E-state index in [0.717, 1.165) is 158 Å². The molecule has 6 aromatic rings. The van der Waals surface area contributed by atoms with Crippen LogP contribution in [0.15, 0.2) is 167 Å². The summed E-state index contributed by atoms with van der Waals surface area (Å²) < 4.78 is 6.99. The SMILES string of the molecule is C.C=C(C)c1cccc(C(C)(C)N)c1.C=C(C)c1cccc(C(C)(C)NC(=O)NCCCCCCn2c(=O)n(CCCCCCNC(=O)NC(C)(C)c3cccc(C(=C)C)c3)c(=O)n(CCCCCCNC(=O)NC(C)(C)c3cccc(C(=C)C)c3)c2=O)c1.O=C=NCCCCCCn1c(=O)n(CCCCCCN=C=O)c(=O)n(CCCCCCN=C=O)c1=O. The van der Waals surface area contributed by atoms with Crippen LogP contribution >= 0.6 is 0 Å². The van der Waals surface area contributed by atoms with Gasteiger partial charge in [-0.25, -0.2) is 99.9 Å². The Kier molecular flexibility index (Phi) is 48.6. The first-order valence-electron chi connectivity index (χ1n) is 43.9. The number of nitrogens with zero attached hydrogens (tertiary/aromatic N) is 9. The first-order valence-corrected chi connectivity index (χ1v) is 43.9. The molecule has 0 fully saturated rings. The van der Waals surface area contributed by atoms with Crippen LogP contribution < -0.4 is 71.8 Å². The molecule has 0 aliphatic rings. The number of allylic oxidation sites excluding steroid dienone is 4. The summed E-state index contributed by atoms with van der Waals surface area (Å²) in [6.07, 6.45) is 21.3. The van der Waals surface area contributed by atoms with E-state index in [1.165, 1.54) is 31.9 Å². The van der Waals surface area contributed by atoms with Gasteiger partial charge in [0.2, 0.25) is 18.2 Å². The third-order valence-electron chi connectivity index (χ3n) is 21.6. The van der Waals surface area contributed by atoms with Crippen molar-refractivity contribution in [2.45, 2.75) is 306 Å². The Labute approximate surface area is 739 Å². The Bertz CT molecular complexity index is 4530. The summed E-state index contributed by atoms with van der Waals surface area (Å²) in [7, 11) is 0. The highest BCUT2D eigenvalue weighted by Gasteiger charge is 2.27. The number of urea groups is 3. The van der Waals surface area contributed by atoms with Crippen molar-refractivity contribution in [1.29, 1.82) is 0 Å². The number of rotatable bonds is 53. The Hall–Kier alpha value is -11.4. The van der Waals surface area contributed by atoms with Crippen LogP contribution in [0.25, 0.3) is 22.3 Å². The van der Waals surface area contributed by atoms with Gasteiger partial charge in [0.1, 0.15) is 0 Å². The number of hydrogen-bond acceptors (Lipinski definition) is 16. The average Bonchev–Trinajstić information content (AvgIpc) is 0.785.